The van der Waals surface area contributed by atoms with Crippen molar-refractivity contribution in [2.75, 3.05) is 19.6 Å². The molecule has 0 amide bonds. The Morgan fingerprint density at radius 1 is 1.41 bits per heavy atom. The average Bonchev–Trinajstić information content (AvgIpc) is 2.34. The fourth-order valence-electron chi connectivity index (χ4n) is 2.35. The minimum absolute atomic E-state index is 0.218. The molecule has 1 saturated heterocycles. The molecule has 0 saturated carbocycles. The van der Waals surface area contributed by atoms with Crippen molar-refractivity contribution in [1.29, 1.82) is 0 Å². The molecular formula is C12H26N2O2S. The van der Waals surface area contributed by atoms with Gasteiger partial charge in [-0.15, -0.1) is 0 Å². The minimum atomic E-state index is -3.11. The summed E-state index contributed by atoms with van der Waals surface area (Å²) in [6.45, 7) is 6.57. The molecule has 2 N–H and O–H groups in total. The van der Waals surface area contributed by atoms with Crippen LogP contribution in [0.1, 0.15) is 46.0 Å². The van der Waals surface area contributed by atoms with Crippen molar-refractivity contribution in [3.63, 3.8) is 0 Å². The Kier molecular flexibility index (Phi) is 6.44. The molecule has 0 aromatic heterocycles. The van der Waals surface area contributed by atoms with E-state index in [2.05, 4.69) is 10.0 Å². The molecule has 0 aromatic rings. The van der Waals surface area contributed by atoms with Gasteiger partial charge in [0.05, 0.1) is 5.25 Å². The van der Waals surface area contributed by atoms with E-state index in [9.17, 15) is 8.42 Å². The lowest BCUT2D eigenvalue weighted by molar-refractivity contribution is 0.375. The molecule has 1 aliphatic heterocycles. The van der Waals surface area contributed by atoms with Crippen LogP contribution in [0.2, 0.25) is 0 Å². The first kappa shape index (κ1) is 14.9. The Labute approximate surface area is 106 Å². The molecule has 1 rings (SSSR count). The monoisotopic (exact) mass is 262 g/mol. The van der Waals surface area contributed by atoms with Crippen LogP contribution in [0.3, 0.4) is 0 Å². The summed E-state index contributed by atoms with van der Waals surface area (Å²) in [7, 11) is -3.11. The third-order valence-electron chi connectivity index (χ3n) is 3.48. The van der Waals surface area contributed by atoms with Gasteiger partial charge in [-0.25, -0.2) is 13.1 Å². The Morgan fingerprint density at radius 3 is 2.71 bits per heavy atom. The molecule has 0 bridgehead atoms. The van der Waals surface area contributed by atoms with Gasteiger partial charge in [0.25, 0.3) is 0 Å². The third-order valence-corrected chi connectivity index (χ3v) is 5.49. The quantitative estimate of drug-likeness (QED) is 0.731. The van der Waals surface area contributed by atoms with Crippen LogP contribution in [0, 0.1) is 5.92 Å². The van der Waals surface area contributed by atoms with Crippen molar-refractivity contribution in [3.05, 3.63) is 0 Å². The van der Waals surface area contributed by atoms with Crippen molar-refractivity contribution < 1.29 is 8.42 Å². The van der Waals surface area contributed by atoms with Gasteiger partial charge >= 0.3 is 0 Å². The van der Waals surface area contributed by atoms with Gasteiger partial charge in [0.2, 0.25) is 10.0 Å². The molecule has 2 atom stereocenters. The van der Waals surface area contributed by atoms with E-state index < -0.39 is 10.0 Å². The van der Waals surface area contributed by atoms with E-state index >= 15 is 0 Å². The molecule has 0 aliphatic carbocycles. The van der Waals surface area contributed by atoms with Crippen molar-refractivity contribution in [3.8, 4) is 0 Å². The summed E-state index contributed by atoms with van der Waals surface area (Å²) in [5, 5.41) is 3.09. The zero-order valence-corrected chi connectivity index (χ0v) is 11.9. The summed E-state index contributed by atoms with van der Waals surface area (Å²) in [5.41, 5.74) is 0. The third kappa shape index (κ3) is 4.94. The Balaban J connectivity index is 2.41. The molecule has 0 radical (unpaired) electrons. The van der Waals surface area contributed by atoms with Crippen LogP contribution in [0.4, 0.5) is 0 Å². The molecule has 1 aliphatic rings. The van der Waals surface area contributed by atoms with Crippen molar-refractivity contribution in [1.82, 2.24) is 10.0 Å². The van der Waals surface area contributed by atoms with Gasteiger partial charge in [0, 0.05) is 6.54 Å². The van der Waals surface area contributed by atoms with E-state index in [0.717, 1.165) is 38.8 Å². The Bertz CT molecular complexity index is 298. The highest BCUT2D eigenvalue weighted by Gasteiger charge is 2.24. The van der Waals surface area contributed by atoms with Crippen LogP contribution in [-0.4, -0.2) is 33.3 Å². The van der Waals surface area contributed by atoms with Crippen LogP contribution < -0.4 is 10.0 Å². The van der Waals surface area contributed by atoms with E-state index in [1.54, 1.807) is 0 Å². The topological polar surface area (TPSA) is 58.2 Å². The molecule has 4 nitrogen and oxygen atoms in total. The maximum Gasteiger partial charge on any atom is 0.214 e. The van der Waals surface area contributed by atoms with Gasteiger partial charge in [-0.1, -0.05) is 20.3 Å². The van der Waals surface area contributed by atoms with Crippen molar-refractivity contribution >= 4 is 10.0 Å². The first-order valence-corrected chi connectivity index (χ1v) is 8.34. The Morgan fingerprint density at radius 2 is 2.18 bits per heavy atom. The van der Waals surface area contributed by atoms with Crippen LogP contribution in [0.5, 0.6) is 0 Å². The first-order valence-electron chi connectivity index (χ1n) is 6.79. The summed E-state index contributed by atoms with van der Waals surface area (Å²) in [5.74, 6) is 0.456. The van der Waals surface area contributed by atoms with Crippen molar-refractivity contribution in [2.24, 2.45) is 5.92 Å². The van der Waals surface area contributed by atoms with Gasteiger partial charge in [-0.2, -0.15) is 0 Å². The molecule has 17 heavy (non-hydrogen) atoms. The molecule has 0 spiro atoms. The summed E-state index contributed by atoms with van der Waals surface area (Å²) in [4.78, 5) is 0. The second kappa shape index (κ2) is 7.34. The van der Waals surface area contributed by atoms with E-state index in [4.69, 9.17) is 0 Å². The largest absolute Gasteiger partial charge is 0.316 e. The molecule has 0 aromatic carbocycles. The maximum atomic E-state index is 12.1. The number of sulfonamides is 1. The number of hydrogen-bond acceptors (Lipinski definition) is 3. The molecular weight excluding hydrogens is 236 g/mol. The lowest BCUT2D eigenvalue weighted by Gasteiger charge is -2.24. The second-order valence-corrected chi connectivity index (χ2v) is 6.97. The van der Waals surface area contributed by atoms with Crippen LogP contribution in [0.25, 0.3) is 0 Å². The normalized spacial score (nSPS) is 23.5. The average molecular weight is 262 g/mol. The van der Waals surface area contributed by atoms with E-state index in [1.165, 1.54) is 0 Å². The molecule has 1 fully saturated rings. The van der Waals surface area contributed by atoms with Crippen molar-refractivity contribution in [2.45, 2.75) is 51.2 Å². The predicted octanol–water partition coefficient (Wildman–Crippen LogP) is 1.48. The minimum Gasteiger partial charge on any atom is -0.316 e. The smallest absolute Gasteiger partial charge is 0.214 e. The van der Waals surface area contributed by atoms with Crippen LogP contribution >= 0.6 is 0 Å². The molecule has 2 unspecified atom stereocenters. The summed E-state index contributed by atoms with van der Waals surface area (Å²) in [6, 6.07) is 0. The highest BCUT2D eigenvalue weighted by Crippen LogP contribution is 2.13. The maximum absolute atomic E-state index is 12.1. The van der Waals surface area contributed by atoms with Gasteiger partial charge in [0.1, 0.15) is 0 Å². The molecule has 5 heteroatoms. The highest BCUT2D eigenvalue weighted by atomic mass is 32.2. The first-order chi connectivity index (χ1) is 8.10. The van der Waals surface area contributed by atoms with Crippen LogP contribution in [-0.2, 0) is 10.0 Å². The number of hydrogen-bond donors (Lipinski definition) is 2. The fraction of sp³-hybridized carbons (Fsp3) is 1.00. The zero-order valence-electron chi connectivity index (χ0n) is 11.0. The highest BCUT2D eigenvalue weighted by molar-refractivity contribution is 7.90. The van der Waals surface area contributed by atoms with Gasteiger partial charge in [-0.3, -0.25) is 0 Å². The molecule has 1 heterocycles. The lowest BCUT2D eigenvalue weighted by atomic mass is 10.0. The van der Waals surface area contributed by atoms with Gasteiger partial charge < -0.3 is 5.32 Å². The SMILES string of the molecule is CCCC(CC)S(=O)(=O)NCC1CCCNC1. The summed E-state index contributed by atoms with van der Waals surface area (Å²) >= 11 is 0. The molecule has 102 valence electrons. The second-order valence-electron chi connectivity index (χ2n) is 4.92. The zero-order chi connectivity index (χ0) is 12.7. The summed E-state index contributed by atoms with van der Waals surface area (Å²) < 4.78 is 26.9. The van der Waals surface area contributed by atoms with E-state index in [-0.39, 0.29) is 5.25 Å². The Hall–Kier alpha value is -0.130. The predicted molar refractivity (Wildman–Crippen MR) is 71.5 cm³/mol. The lowest BCUT2D eigenvalue weighted by Crippen LogP contribution is -2.41. The fourth-order valence-corrected chi connectivity index (χ4v) is 4.04. The number of piperidine rings is 1. The van der Waals surface area contributed by atoms with E-state index in [1.807, 2.05) is 13.8 Å². The number of nitrogens with one attached hydrogen (secondary N) is 2. The van der Waals surface area contributed by atoms with E-state index in [0.29, 0.717) is 18.9 Å². The van der Waals surface area contributed by atoms with Crippen LogP contribution in [0.15, 0.2) is 0 Å². The van der Waals surface area contributed by atoms with Gasteiger partial charge in [-0.05, 0) is 44.7 Å². The van der Waals surface area contributed by atoms with Gasteiger partial charge in [0.15, 0.2) is 0 Å². The standard InChI is InChI=1S/C12H26N2O2S/c1-3-6-12(4-2)17(15,16)14-10-11-7-5-8-13-9-11/h11-14H,3-10H2,1-2H3. The summed E-state index contributed by atoms with van der Waals surface area (Å²) in [6.07, 6.45) is 4.66. The number of rotatable bonds is 7.